The molecular formula is C14H24N2O4S. The van der Waals surface area contributed by atoms with Gasteiger partial charge in [0.2, 0.25) is 10.0 Å². The topological polar surface area (TPSA) is 96.3 Å². The Hall–Kier alpha value is -1.13. The first-order valence-corrected chi connectivity index (χ1v) is 9.10. The van der Waals surface area contributed by atoms with Gasteiger partial charge in [-0.25, -0.2) is 8.42 Å². The minimum atomic E-state index is -3.66. The van der Waals surface area contributed by atoms with E-state index in [0.29, 0.717) is 18.8 Å². The van der Waals surface area contributed by atoms with Crippen LogP contribution in [0, 0.1) is 17.2 Å². The van der Waals surface area contributed by atoms with Crippen LogP contribution in [0.3, 0.4) is 0 Å². The molecule has 0 aromatic rings. The number of hydrogen-bond acceptors (Lipinski definition) is 5. The molecule has 7 heteroatoms. The minimum absolute atomic E-state index is 0.192. The molecule has 120 valence electrons. The van der Waals surface area contributed by atoms with Crippen LogP contribution in [-0.2, 0) is 19.6 Å². The molecule has 1 N–H and O–H groups in total. The fourth-order valence-corrected chi connectivity index (χ4v) is 4.00. The Morgan fingerprint density at radius 3 is 2.48 bits per heavy atom. The van der Waals surface area contributed by atoms with Gasteiger partial charge in [0.05, 0.1) is 24.8 Å². The van der Waals surface area contributed by atoms with Gasteiger partial charge in [0.15, 0.2) is 0 Å². The van der Waals surface area contributed by atoms with E-state index >= 15 is 0 Å². The number of nitrogens with zero attached hydrogens (tertiary/aromatic N) is 1. The maximum Gasteiger partial charge on any atom is 0.306 e. The van der Waals surface area contributed by atoms with Crippen molar-refractivity contribution < 1.29 is 17.9 Å². The highest BCUT2D eigenvalue weighted by molar-refractivity contribution is 7.89. The molecule has 1 fully saturated rings. The number of nitrogens with one attached hydrogen (secondary N) is 1. The fraction of sp³-hybridized carbons (Fsp3) is 0.857. The lowest BCUT2D eigenvalue weighted by atomic mass is 9.77. The van der Waals surface area contributed by atoms with Gasteiger partial charge in [-0.3, -0.25) is 4.79 Å². The number of esters is 1. The average molecular weight is 316 g/mol. The van der Waals surface area contributed by atoms with Crippen molar-refractivity contribution in [3.63, 3.8) is 0 Å². The van der Waals surface area contributed by atoms with Gasteiger partial charge in [0.1, 0.15) is 5.54 Å². The van der Waals surface area contributed by atoms with Gasteiger partial charge in [0.25, 0.3) is 0 Å². The molecule has 0 aliphatic heterocycles. The Kier molecular flexibility index (Phi) is 6.62. The number of ether oxygens (including phenoxy) is 1. The van der Waals surface area contributed by atoms with Gasteiger partial charge in [-0.15, -0.1) is 0 Å². The molecule has 0 heterocycles. The average Bonchev–Trinajstić information content (AvgIpc) is 2.46. The Morgan fingerprint density at radius 2 is 2.00 bits per heavy atom. The third-order valence-electron chi connectivity index (χ3n) is 3.98. The SMILES string of the molecule is CCOC(=O)CCS(=O)(=O)NC1(C#N)CCC(CC)CC1. The maximum atomic E-state index is 12.1. The monoisotopic (exact) mass is 316 g/mol. The van der Waals surface area contributed by atoms with E-state index in [1.54, 1.807) is 6.92 Å². The van der Waals surface area contributed by atoms with Crippen LogP contribution in [0.2, 0.25) is 0 Å². The quantitative estimate of drug-likeness (QED) is 0.721. The predicted octanol–water partition coefficient (Wildman–Crippen LogP) is 1.72. The van der Waals surface area contributed by atoms with Gasteiger partial charge in [-0.1, -0.05) is 13.3 Å². The van der Waals surface area contributed by atoms with Crippen LogP contribution in [0.5, 0.6) is 0 Å². The fourth-order valence-electron chi connectivity index (χ4n) is 2.61. The number of carbonyl (C=O) groups is 1. The van der Waals surface area contributed by atoms with E-state index in [9.17, 15) is 18.5 Å². The third-order valence-corrected chi connectivity index (χ3v) is 5.42. The second-order valence-corrected chi connectivity index (χ2v) is 7.36. The first-order chi connectivity index (χ1) is 9.86. The number of hydrogen-bond donors (Lipinski definition) is 1. The minimum Gasteiger partial charge on any atom is -0.466 e. The molecular weight excluding hydrogens is 292 g/mol. The van der Waals surface area contributed by atoms with E-state index in [1.807, 2.05) is 0 Å². The summed E-state index contributed by atoms with van der Waals surface area (Å²) in [5, 5.41) is 9.36. The largest absolute Gasteiger partial charge is 0.466 e. The molecule has 6 nitrogen and oxygen atoms in total. The van der Waals surface area contributed by atoms with Gasteiger partial charge in [-0.2, -0.15) is 9.98 Å². The van der Waals surface area contributed by atoms with Gasteiger partial charge >= 0.3 is 5.97 Å². The predicted molar refractivity (Wildman–Crippen MR) is 78.8 cm³/mol. The highest BCUT2D eigenvalue weighted by atomic mass is 32.2. The number of carbonyl (C=O) groups excluding carboxylic acids is 1. The standard InChI is InChI=1S/C14H24N2O4S/c1-3-12-5-8-14(11-15,9-6-12)16-21(18,19)10-7-13(17)20-4-2/h12,16H,3-10H2,1-2H3. The lowest BCUT2D eigenvalue weighted by Gasteiger charge is -2.34. The Bertz CT molecular complexity index is 488. The van der Waals surface area contributed by atoms with Gasteiger partial charge < -0.3 is 4.74 Å². The summed E-state index contributed by atoms with van der Waals surface area (Å²) in [6.07, 6.45) is 3.62. The van der Waals surface area contributed by atoms with Crippen LogP contribution in [0.4, 0.5) is 0 Å². The summed E-state index contributed by atoms with van der Waals surface area (Å²) in [5.74, 6) is -0.314. The molecule has 1 aliphatic rings. The molecule has 1 saturated carbocycles. The highest BCUT2D eigenvalue weighted by Crippen LogP contribution is 2.33. The number of nitriles is 1. The van der Waals surface area contributed by atoms with Crippen molar-refractivity contribution >= 4 is 16.0 Å². The summed E-state index contributed by atoms with van der Waals surface area (Å²) in [6, 6.07) is 2.12. The summed E-state index contributed by atoms with van der Waals surface area (Å²) in [5.41, 5.74) is -1.01. The summed E-state index contributed by atoms with van der Waals surface area (Å²) in [4.78, 5) is 11.2. The van der Waals surface area contributed by atoms with Crippen molar-refractivity contribution in [3.8, 4) is 6.07 Å². The second-order valence-electron chi connectivity index (χ2n) is 5.52. The molecule has 21 heavy (non-hydrogen) atoms. The van der Waals surface area contributed by atoms with Crippen molar-refractivity contribution in [2.75, 3.05) is 12.4 Å². The van der Waals surface area contributed by atoms with Crippen molar-refractivity contribution in [2.45, 2.75) is 57.9 Å². The summed E-state index contributed by atoms with van der Waals surface area (Å²) < 4.78 is 31.3. The summed E-state index contributed by atoms with van der Waals surface area (Å²) >= 11 is 0. The first-order valence-electron chi connectivity index (χ1n) is 7.45. The Labute approximate surface area is 126 Å². The highest BCUT2D eigenvalue weighted by Gasteiger charge is 2.38. The van der Waals surface area contributed by atoms with E-state index in [0.717, 1.165) is 19.3 Å². The van der Waals surface area contributed by atoms with Gasteiger partial charge in [0, 0.05) is 0 Å². The van der Waals surface area contributed by atoms with Crippen LogP contribution in [0.1, 0.15) is 52.4 Å². The molecule has 1 aliphatic carbocycles. The molecule has 0 bridgehead atoms. The van der Waals surface area contributed by atoms with Crippen molar-refractivity contribution in [3.05, 3.63) is 0 Å². The number of sulfonamides is 1. The van der Waals surface area contributed by atoms with Crippen LogP contribution in [0.15, 0.2) is 0 Å². The first kappa shape index (κ1) is 17.9. The zero-order valence-electron chi connectivity index (χ0n) is 12.7. The number of rotatable bonds is 7. The van der Waals surface area contributed by atoms with E-state index in [-0.39, 0.29) is 18.8 Å². The lowest BCUT2D eigenvalue weighted by Crippen LogP contribution is -2.50. The Balaban J connectivity index is 2.60. The van der Waals surface area contributed by atoms with Gasteiger partial charge in [-0.05, 0) is 38.5 Å². The normalized spacial score (nSPS) is 26.0. The second kappa shape index (κ2) is 7.76. The Morgan fingerprint density at radius 1 is 1.38 bits per heavy atom. The van der Waals surface area contributed by atoms with E-state index in [4.69, 9.17) is 4.74 Å². The van der Waals surface area contributed by atoms with E-state index in [1.165, 1.54) is 0 Å². The zero-order valence-corrected chi connectivity index (χ0v) is 13.5. The maximum absolute atomic E-state index is 12.1. The van der Waals surface area contributed by atoms with Crippen molar-refractivity contribution in [1.29, 1.82) is 5.26 Å². The molecule has 1 rings (SSSR count). The zero-order chi connectivity index (χ0) is 15.9. The summed E-state index contributed by atoms with van der Waals surface area (Å²) in [7, 11) is -3.66. The molecule has 0 unspecified atom stereocenters. The molecule has 0 spiro atoms. The van der Waals surface area contributed by atoms with E-state index < -0.39 is 21.5 Å². The lowest BCUT2D eigenvalue weighted by molar-refractivity contribution is -0.142. The third kappa shape index (κ3) is 5.64. The van der Waals surface area contributed by atoms with Crippen molar-refractivity contribution in [1.82, 2.24) is 4.72 Å². The van der Waals surface area contributed by atoms with Crippen LogP contribution in [0.25, 0.3) is 0 Å². The molecule has 0 atom stereocenters. The molecule has 0 aromatic carbocycles. The van der Waals surface area contributed by atoms with E-state index in [2.05, 4.69) is 17.7 Å². The van der Waals surface area contributed by atoms with Crippen LogP contribution < -0.4 is 4.72 Å². The smallest absolute Gasteiger partial charge is 0.306 e. The molecule has 0 amide bonds. The summed E-state index contributed by atoms with van der Waals surface area (Å²) in [6.45, 7) is 4.00. The van der Waals surface area contributed by atoms with Crippen molar-refractivity contribution in [2.24, 2.45) is 5.92 Å². The molecule has 0 aromatic heterocycles. The van der Waals surface area contributed by atoms with Crippen LogP contribution >= 0.6 is 0 Å². The molecule has 0 radical (unpaired) electrons. The molecule has 0 saturated heterocycles. The van der Waals surface area contributed by atoms with Crippen LogP contribution in [-0.4, -0.2) is 32.3 Å².